The summed E-state index contributed by atoms with van der Waals surface area (Å²) in [6.45, 7) is 3.36. The number of thiophene rings is 1. The van der Waals surface area contributed by atoms with Gasteiger partial charge in [-0.25, -0.2) is 0 Å². The summed E-state index contributed by atoms with van der Waals surface area (Å²) in [6, 6.07) is 2.82. The van der Waals surface area contributed by atoms with E-state index >= 15 is 0 Å². The number of rotatable bonds is 5. The minimum atomic E-state index is 0.523. The van der Waals surface area contributed by atoms with Crippen LogP contribution in [0.5, 0.6) is 0 Å². The van der Waals surface area contributed by atoms with Crippen molar-refractivity contribution in [2.24, 2.45) is 5.92 Å². The van der Waals surface area contributed by atoms with Crippen LogP contribution >= 0.6 is 43.2 Å². The lowest BCUT2D eigenvalue weighted by Gasteiger charge is -2.27. The monoisotopic (exact) mass is 407 g/mol. The maximum absolute atomic E-state index is 3.79. The minimum Gasteiger partial charge on any atom is -0.310 e. The largest absolute Gasteiger partial charge is 0.310 e. The van der Waals surface area contributed by atoms with Crippen molar-refractivity contribution in [1.29, 1.82) is 0 Å². The van der Waals surface area contributed by atoms with Gasteiger partial charge in [0.15, 0.2) is 0 Å². The van der Waals surface area contributed by atoms with E-state index in [0.717, 1.165) is 12.5 Å². The van der Waals surface area contributed by atoms with Gasteiger partial charge < -0.3 is 5.32 Å². The van der Waals surface area contributed by atoms with Crippen LogP contribution in [0.15, 0.2) is 13.6 Å². The summed E-state index contributed by atoms with van der Waals surface area (Å²) in [5.41, 5.74) is 1.46. The third-order valence-electron chi connectivity index (χ3n) is 4.00. The molecule has 1 aromatic rings. The van der Waals surface area contributed by atoms with Gasteiger partial charge in [0.25, 0.3) is 0 Å². The molecule has 1 saturated carbocycles. The van der Waals surface area contributed by atoms with E-state index in [1.807, 2.05) is 0 Å². The highest BCUT2D eigenvalue weighted by Gasteiger charge is 2.26. The molecule has 1 aliphatic rings. The van der Waals surface area contributed by atoms with Crippen LogP contribution in [-0.4, -0.2) is 6.54 Å². The molecular weight excluding hydrogens is 386 g/mol. The molecule has 1 aliphatic carbocycles. The molecule has 1 nitrogen and oxygen atoms in total. The normalized spacial score (nSPS) is 19.3. The van der Waals surface area contributed by atoms with Gasteiger partial charge in [-0.05, 0) is 75.2 Å². The van der Waals surface area contributed by atoms with E-state index < -0.39 is 0 Å². The van der Waals surface area contributed by atoms with E-state index in [-0.39, 0.29) is 0 Å². The Labute approximate surface area is 137 Å². The second-order valence-corrected chi connectivity index (χ2v) is 9.21. The van der Waals surface area contributed by atoms with Crippen LogP contribution in [0.3, 0.4) is 0 Å². The molecule has 1 heterocycles. The van der Waals surface area contributed by atoms with Gasteiger partial charge in [-0.3, -0.25) is 0 Å². The Balaban J connectivity index is 2.16. The van der Waals surface area contributed by atoms with Crippen molar-refractivity contribution in [2.75, 3.05) is 6.54 Å². The first kappa shape index (κ1) is 16.0. The molecule has 1 N–H and O–H groups in total. The third kappa shape index (κ3) is 4.55. The molecule has 1 unspecified atom stereocenters. The average molecular weight is 409 g/mol. The van der Waals surface area contributed by atoms with Crippen molar-refractivity contribution in [2.45, 2.75) is 57.9 Å². The molecule has 0 radical (unpaired) electrons. The van der Waals surface area contributed by atoms with Gasteiger partial charge in [-0.15, -0.1) is 11.3 Å². The molecule has 0 amide bonds. The maximum Gasteiger partial charge on any atom is 0.0758 e. The van der Waals surface area contributed by atoms with Crippen LogP contribution in [0.4, 0.5) is 0 Å². The minimum absolute atomic E-state index is 0.523. The summed E-state index contributed by atoms with van der Waals surface area (Å²) >= 11 is 9.16. The van der Waals surface area contributed by atoms with Crippen molar-refractivity contribution in [1.82, 2.24) is 5.32 Å². The SMILES string of the molecule is CCCNC(c1cc(Br)sc1Br)C1CCCCCC1. The molecular formula is C15H23Br2NS. The van der Waals surface area contributed by atoms with Crippen LogP contribution in [0.1, 0.15) is 63.5 Å². The quantitative estimate of drug-likeness (QED) is 0.564. The summed E-state index contributed by atoms with van der Waals surface area (Å²) in [6.07, 6.45) is 9.60. The first-order chi connectivity index (χ1) is 9.22. The van der Waals surface area contributed by atoms with Crippen molar-refractivity contribution in [3.8, 4) is 0 Å². The van der Waals surface area contributed by atoms with Crippen LogP contribution in [0.2, 0.25) is 0 Å². The number of hydrogen-bond acceptors (Lipinski definition) is 2. The molecule has 0 saturated heterocycles. The molecule has 0 aliphatic heterocycles. The van der Waals surface area contributed by atoms with Gasteiger partial charge in [-0.1, -0.05) is 32.6 Å². The molecule has 108 valence electrons. The highest BCUT2D eigenvalue weighted by Crippen LogP contribution is 2.41. The molecule has 0 bridgehead atoms. The van der Waals surface area contributed by atoms with Gasteiger partial charge in [-0.2, -0.15) is 0 Å². The molecule has 19 heavy (non-hydrogen) atoms. The van der Waals surface area contributed by atoms with Crippen molar-refractivity contribution in [3.05, 3.63) is 19.2 Å². The second kappa shape index (κ2) is 8.16. The second-order valence-electron chi connectivity index (χ2n) is 5.46. The highest BCUT2D eigenvalue weighted by molar-refractivity contribution is 9.12. The zero-order chi connectivity index (χ0) is 13.7. The highest BCUT2D eigenvalue weighted by atomic mass is 79.9. The Hall–Kier alpha value is 0.620. The fourth-order valence-electron chi connectivity index (χ4n) is 3.04. The Morgan fingerprint density at radius 3 is 2.47 bits per heavy atom. The summed E-state index contributed by atoms with van der Waals surface area (Å²) in [5, 5.41) is 3.79. The van der Waals surface area contributed by atoms with E-state index in [2.05, 4.69) is 50.2 Å². The zero-order valence-corrected chi connectivity index (χ0v) is 15.5. The van der Waals surface area contributed by atoms with E-state index in [9.17, 15) is 0 Å². The van der Waals surface area contributed by atoms with Crippen molar-refractivity contribution < 1.29 is 0 Å². The molecule has 4 heteroatoms. The third-order valence-corrected chi connectivity index (χ3v) is 6.39. The Morgan fingerprint density at radius 2 is 1.95 bits per heavy atom. The lowest BCUT2D eigenvalue weighted by molar-refractivity contribution is 0.325. The van der Waals surface area contributed by atoms with Gasteiger partial charge in [0.2, 0.25) is 0 Å². The standard InChI is InChI=1S/C15H23Br2NS/c1-2-9-18-14(11-7-5-3-4-6-8-11)12-10-13(16)19-15(12)17/h10-11,14,18H,2-9H2,1H3. The Bertz CT molecular complexity index is 383. The molecule has 0 spiro atoms. The fraction of sp³-hybridized carbons (Fsp3) is 0.733. The topological polar surface area (TPSA) is 12.0 Å². The number of halogens is 2. The van der Waals surface area contributed by atoms with Crippen LogP contribution in [-0.2, 0) is 0 Å². The van der Waals surface area contributed by atoms with E-state index in [4.69, 9.17) is 0 Å². The van der Waals surface area contributed by atoms with Gasteiger partial charge in [0.05, 0.1) is 7.57 Å². The molecule has 2 rings (SSSR count). The van der Waals surface area contributed by atoms with Gasteiger partial charge in [0.1, 0.15) is 0 Å². The summed E-state index contributed by atoms with van der Waals surface area (Å²) in [4.78, 5) is 0. The lowest BCUT2D eigenvalue weighted by atomic mass is 9.88. The summed E-state index contributed by atoms with van der Waals surface area (Å²) in [5.74, 6) is 0.798. The van der Waals surface area contributed by atoms with E-state index in [1.165, 1.54) is 58.1 Å². The molecule has 1 fully saturated rings. The van der Waals surface area contributed by atoms with Crippen molar-refractivity contribution >= 4 is 43.2 Å². The Kier molecular flexibility index (Phi) is 6.87. The average Bonchev–Trinajstić information content (AvgIpc) is 2.60. The van der Waals surface area contributed by atoms with Gasteiger partial charge >= 0.3 is 0 Å². The fourth-order valence-corrected chi connectivity index (χ4v) is 5.97. The first-order valence-electron chi connectivity index (χ1n) is 7.40. The number of hydrogen-bond donors (Lipinski definition) is 1. The summed E-state index contributed by atoms with van der Waals surface area (Å²) in [7, 11) is 0. The molecule has 0 aromatic carbocycles. The maximum atomic E-state index is 3.79. The van der Waals surface area contributed by atoms with E-state index in [0.29, 0.717) is 6.04 Å². The smallest absolute Gasteiger partial charge is 0.0758 e. The lowest BCUT2D eigenvalue weighted by Crippen LogP contribution is -2.29. The predicted octanol–water partition coefficient (Wildman–Crippen LogP) is 6.28. The molecule has 1 aromatic heterocycles. The van der Waals surface area contributed by atoms with Crippen molar-refractivity contribution in [3.63, 3.8) is 0 Å². The zero-order valence-electron chi connectivity index (χ0n) is 11.6. The number of nitrogens with one attached hydrogen (secondary N) is 1. The van der Waals surface area contributed by atoms with Crippen LogP contribution in [0.25, 0.3) is 0 Å². The predicted molar refractivity (Wildman–Crippen MR) is 91.9 cm³/mol. The van der Waals surface area contributed by atoms with Crippen LogP contribution < -0.4 is 5.32 Å². The first-order valence-corrected chi connectivity index (χ1v) is 9.80. The molecule has 1 atom stereocenters. The summed E-state index contributed by atoms with van der Waals surface area (Å²) < 4.78 is 2.52. The van der Waals surface area contributed by atoms with Gasteiger partial charge in [0, 0.05) is 6.04 Å². The van der Waals surface area contributed by atoms with Crippen LogP contribution in [0, 0.1) is 5.92 Å². The van der Waals surface area contributed by atoms with E-state index in [1.54, 1.807) is 11.3 Å². The Morgan fingerprint density at radius 1 is 1.26 bits per heavy atom.